The fraction of sp³-hybridized carbons (Fsp3) is 0.552. The van der Waals surface area contributed by atoms with Crippen LogP contribution < -0.4 is 4.74 Å². The molecule has 4 aliphatic rings. The first-order valence-electron chi connectivity index (χ1n) is 12.8. The summed E-state index contributed by atoms with van der Waals surface area (Å²) in [6.45, 7) is 5.56. The van der Waals surface area contributed by atoms with Crippen molar-refractivity contribution in [2.75, 3.05) is 20.6 Å². The van der Waals surface area contributed by atoms with E-state index in [1.807, 2.05) is 11.9 Å². The van der Waals surface area contributed by atoms with Crippen LogP contribution in [-0.2, 0) is 23.1 Å². The van der Waals surface area contributed by atoms with Gasteiger partial charge in [0.05, 0.1) is 6.04 Å². The highest BCUT2D eigenvalue weighted by Gasteiger charge is 2.71. The van der Waals surface area contributed by atoms with Gasteiger partial charge in [0.25, 0.3) is 0 Å². The number of likely N-dealkylation sites (tertiary alicyclic amines) is 1. The van der Waals surface area contributed by atoms with Gasteiger partial charge in [-0.25, -0.2) is 0 Å². The van der Waals surface area contributed by atoms with E-state index in [2.05, 4.69) is 56.1 Å². The van der Waals surface area contributed by atoms with Crippen molar-refractivity contribution in [2.45, 2.75) is 76.0 Å². The van der Waals surface area contributed by atoms with E-state index in [0.29, 0.717) is 18.2 Å². The largest absolute Gasteiger partial charge is 0.504 e. The predicted molar refractivity (Wildman–Crippen MR) is 132 cm³/mol. The molecule has 34 heavy (non-hydrogen) atoms. The number of aryl methyl sites for hydroxylation is 2. The van der Waals surface area contributed by atoms with Crippen LogP contribution in [0, 0.1) is 12.3 Å². The number of carbonyl (C=O) groups is 1. The first-order chi connectivity index (χ1) is 16.3. The monoisotopic (exact) mass is 460 g/mol. The first kappa shape index (κ1) is 22.0. The Balaban J connectivity index is 1.34. The van der Waals surface area contributed by atoms with Gasteiger partial charge in [-0.05, 0) is 75.2 Å². The smallest absolute Gasteiger partial charge is 0.223 e. The van der Waals surface area contributed by atoms with E-state index >= 15 is 0 Å². The fourth-order valence-electron chi connectivity index (χ4n) is 8.08. The third-order valence-electron chi connectivity index (χ3n) is 9.87. The second-order valence-corrected chi connectivity index (χ2v) is 11.4. The lowest BCUT2D eigenvalue weighted by atomic mass is 9.43. The van der Waals surface area contributed by atoms with Gasteiger partial charge in [-0.1, -0.05) is 42.8 Å². The molecule has 1 saturated heterocycles. The van der Waals surface area contributed by atoms with E-state index in [1.54, 1.807) is 6.07 Å². The average molecular weight is 461 g/mol. The van der Waals surface area contributed by atoms with Crippen LogP contribution in [0.5, 0.6) is 11.5 Å². The van der Waals surface area contributed by atoms with E-state index in [4.69, 9.17) is 4.74 Å². The van der Waals surface area contributed by atoms with Crippen LogP contribution in [0.3, 0.4) is 0 Å². The molecule has 2 bridgehead atoms. The molecule has 2 aromatic rings. The molecular formula is C29H36N2O3. The highest BCUT2D eigenvalue weighted by atomic mass is 16.5. The van der Waals surface area contributed by atoms with Gasteiger partial charge in [-0.3, -0.25) is 4.79 Å². The van der Waals surface area contributed by atoms with Crippen molar-refractivity contribution in [2.24, 2.45) is 5.41 Å². The quantitative estimate of drug-likeness (QED) is 0.742. The molecular weight excluding hydrogens is 424 g/mol. The van der Waals surface area contributed by atoms with E-state index in [1.165, 1.54) is 22.3 Å². The number of rotatable bonds is 4. The molecule has 0 aromatic heterocycles. The summed E-state index contributed by atoms with van der Waals surface area (Å²) in [7, 11) is 4.22. The van der Waals surface area contributed by atoms with Crippen molar-refractivity contribution in [3.05, 3.63) is 58.7 Å². The Labute approximate surface area is 202 Å². The van der Waals surface area contributed by atoms with Gasteiger partial charge in [0.2, 0.25) is 5.91 Å². The molecule has 5 atom stereocenters. The topological polar surface area (TPSA) is 53.0 Å². The normalized spacial score (nSPS) is 33.2. The number of likely N-dealkylation sites (N-methyl/N-ethyl adjacent to an activating group) is 2. The number of phenols is 1. The van der Waals surface area contributed by atoms with Gasteiger partial charge in [0.15, 0.2) is 11.5 Å². The number of hydrogen-bond donors (Lipinski definition) is 1. The summed E-state index contributed by atoms with van der Waals surface area (Å²) in [5.41, 5.74) is 4.92. The minimum Gasteiger partial charge on any atom is -0.504 e. The lowest BCUT2D eigenvalue weighted by Crippen LogP contribution is -2.73. The van der Waals surface area contributed by atoms with Crippen molar-refractivity contribution in [1.29, 1.82) is 0 Å². The predicted octanol–water partition coefficient (Wildman–Crippen LogP) is 4.22. The Morgan fingerprint density at radius 3 is 2.88 bits per heavy atom. The third kappa shape index (κ3) is 2.79. The van der Waals surface area contributed by atoms with Crippen LogP contribution in [0.4, 0.5) is 0 Å². The zero-order valence-electron chi connectivity index (χ0n) is 20.8. The molecule has 0 radical (unpaired) electrons. The molecule has 2 unspecified atom stereocenters. The van der Waals surface area contributed by atoms with E-state index in [0.717, 1.165) is 38.6 Å². The molecule has 180 valence electrons. The molecule has 5 heteroatoms. The molecule has 6 rings (SSSR count). The SMILES string of the molecule is Cc1cccc(CCC(=O)N(C)C2CC[C@@]3(C)[C@H]4Cc5ccc(O)c6c5[C@@]3(CCN4C)C2O6)c1. The lowest BCUT2D eigenvalue weighted by molar-refractivity contribution is -0.151. The molecule has 2 aromatic carbocycles. The standard InChI is InChI=1S/C29H36N2O3/c1-18-6-5-7-19(16-18)8-11-24(33)31(4)21-12-13-28(2)23-17-20-9-10-22(32)26-25(20)29(28,27(21)34-26)14-15-30(23)3/h5-7,9-10,16,21,23,27,32H,8,11-15,17H2,1-4H3/t21?,23-,27?,28+,29+/m1/s1. The fourth-order valence-corrected chi connectivity index (χ4v) is 8.08. The number of carbonyl (C=O) groups excluding carboxylic acids is 1. The molecule has 1 spiro atoms. The van der Waals surface area contributed by atoms with Gasteiger partial charge in [-0.15, -0.1) is 0 Å². The van der Waals surface area contributed by atoms with Crippen molar-refractivity contribution in [1.82, 2.24) is 9.80 Å². The molecule has 5 nitrogen and oxygen atoms in total. The summed E-state index contributed by atoms with van der Waals surface area (Å²) >= 11 is 0. The number of hydrogen-bond acceptors (Lipinski definition) is 4. The number of nitrogens with zero attached hydrogens (tertiary/aromatic N) is 2. The van der Waals surface area contributed by atoms with Crippen LogP contribution in [0.1, 0.15) is 54.9 Å². The van der Waals surface area contributed by atoms with E-state index < -0.39 is 0 Å². The van der Waals surface area contributed by atoms with Gasteiger partial charge >= 0.3 is 0 Å². The Bertz CT molecular complexity index is 1160. The van der Waals surface area contributed by atoms with Crippen molar-refractivity contribution in [3.8, 4) is 11.5 Å². The van der Waals surface area contributed by atoms with Gasteiger partial charge < -0.3 is 19.6 Å². The molecule has 1 N–H and O–H groups in total. The van der Waals surface area contributed by atoms with Crippen molar-refractivity contribution < 1.29 is 14.6 Å². The molecule has 2 aliphatic carbocycles. The Hall–Kier alpha value is -2.53. The number of phenolic OH excluding ortho intramolecular Hbond substituents is 1. The zero-order valence-corrected chi connectivity index (χ0v) is 20.8. The summed E-state index contributed by atoms with van der Waals surface area (Å²) < 4.78 is 6.71. The van der Waals surface area contributed by atoms with Gasteiger partial charge in [0.1, 0.15) is 6.10 Å². The van der Waals surface area contributed by atoms with Crippen LogP contribution >= 0.6 is 0 Å². The van der Waals surface area contributed by atoms with Gasteiger partial charge in [-0.2, -0.15) is 0 Å². The van der Waals surface area contributed by atoms with E-state index in [-0.39, 0.29) is 34.6 Å². The molecule has 1 amide bonds. The second kappa shape index (κ2) is 7.48. The van der Waals surface area contributed by atoms with Gasteiger partial charge in [0, 0.05) is 30.5 Å². The van der Waals surface area contributed by atoms with Crippen LogP contribution in [-0.4, -0.2) is 59.6 Å². The number of benzene rings is 2. The maximum absolute atomic E-state index is 13.4. The summed E-state index contributed by atoms with van der Waals surface area (Å²) in [4.78, 5) is 17.9. The van der Waals surface area contributed by atoms with Crippen LogP contribution in [0.25, 0.3) is 0 Å². The second-order valence-electron chi connectivity index (χ2n) is 11.4. The molecule has 1 saturated carbocycles. The number of aromatic hydroxyl groups is 1. The summed E-state index contributed by atoms with van der Waals surface area (Å²) in [6.07, 6.45) is 5.15. The zero-order chi connectivity index (χ0) is 23.8. The Kier molecular flexibility index (Phi) is 4.83. The van der Waals surface area contributed by atoms with Crippen LogP contribution in [0.15, 0.2) is 36.4 Å². The molecule has 2 fully saturated rings. The highest BCUT2D eigenvalue weighted by Crippen LogP contribution is 2.69. The number of amides is 1. The Morgan fingerprint density at radius 2 is 2.09 bits per heavy atom. The summed E-state index contributed by atoms with van der Waals surface area (Å²) in [5.74, 6) is 1.11. The van der Waals surface area contributed by atoms with Crippen molar-refractivity contribution in [3.63, 3.8) is 0 Å². The Morgan fingerprint density at radius 1 is 1.26 bits per heavy atom. The highest BCUT2D eigenvalue weighted by molar-refractivity contribution is 5.77. The molecule has 2 aliphatic heterocycles. The van der Waals surface area contributed by atoms with Crippen molar-refractivity contribution >= 4 is 5.91 Å². The minimum absolute atomic E-state index is 0.0138. The summed E-state index contributed by atoms with van der Waals surface area (Å²) in [6, 6.07) is 12.8. The first-order valence-corrected chi connectivity index (χ1v) is 12.8. The number of piperidine rings is 1. The average Bonchev–Trinajstić information content (AvgIpc) is 3.17. The maximum atomic E-state index is 13.4. The van der Waals surface area contributed by atoms with Crippen LogP contribution in [0.2, 0.25) is 0 Å². The van der Waals surface area contributed by atoms with E-state index in [9.17, 15) is 9.90 Å². The third-order valence-corrected chi connectivity index (χ3v) is 9.87. The maximum Gasteiger partial charge on any atom is 0.223 e. The minimum atomic E-state index is -0.153. The molecule has 2 heterocycles. The lowest BCUT2D eigenvalue weighted by Gasteiger charge is -2.65. The summed E-state index contributed by atoms with van der Waals surface area (Å²) in [5, 5.41) is 10.8. The number of ether oxygens (including phenoxy) is 1.